The van der Waals surface area contributed by atoms with Gasteiger partial charge >= 0.3 is 0 Å². The molecule has 4 nitrogen and oxygen atoms in total. The fourth-order valence-corrected chi connectivity index (χ4v) is 2.17. The lowest BCUT2D eigenvalue weighted by Crippen LogP contribution is -2.14. The van der Waals surface area contributed by atoms with Crippen LogP contribution in [0.15, 0.2) is 41.1 Å². The predicted molar refractivity (Wildman–Crippen MR) is 71.6 cm³/mol. The average Bonchev–Trinajstić information content (AvgIpc) is 2.82. The molecule has 0 fully saturated rings. The van der Waals surface area contributed by atoms with Crippen LogP contribution in [-0.4, -0.2) is 11.8 Å². The minimum Gasteiger partial charge on any atom is -0.366 e. The van der Waals surface area contributed by atoms with E-state index >= 15 is 0 Å². The lowest BCUT2D eigenvalue weighted by atomic mass is 10.2. The Morgan fingerprint density at radius 1 is 1.17 bits per heavy atom. The lowest BCUT2D eigenvalue weighted by Gasteiger charge is -2.04. The van der Waals surface area contributed by atoms with E-state index in [0.29, 0.717) is 17.7 Å². The van der Waals surface area contributed by atoms with Gasteiger partial charge in [-0.3, -0.25) is 9.59 Å². The molecule has 0 aliphatic rings. The maximum absolute atomic E-state index is 11.7. The molecule has 0 saturated carbocycles. The second-order valence-electron chi connectivity index (χ2n) is 3.80. The van der Waals surface area contributed by atoms with Gasteiger partial charge in [0.2, 0.25) is 11.8 Å². The van der Waals surface area contributed by atoms with E-state index in [9.17, 15) is 9.59 Å². The molecule has 0 aliphatic heterocycles. The molecule has 2 amide bonds. The number of primary amides is 1. The van der Waals surface area contributed by atoms with Gasteiger partial charge in [-0.05, 0) is 46.7 Å². The second kappa shape index (κ2) is 5.46. The molecule has 92 valence electrons. The molecule has 0 radical (unpaired) electrons. The summed E-state index contributed by atoms with van der Waals surface area (Å²) in [6, 6.07) is 8.41. The van der Waals surface area contributed by atoms with Crippen molar-refractivity contribution in [1.82, 2.24) is 0 Å². The van der Waals surface area contributed by atoms with Gasteiger partial charge < -0.3 is 11.1 Å². The van der Waals surface area contributed by atoms with Crippen molar-refractivity contribution in [2.75, 3.05) is 5.32 Å². The number of benzene rings is 1. The lowest BCUT2D eigenvalue weighted by molar-refractivity contribution is -0.115. The molecule has 0 aliphatic carbocycles. The topological polar surface area (TPSA) is 72.2 Å². The third kappa shape index (κ3) is 3.18. The van der Waals surface area contributed by atoms with Crippen LogP contribution in [0, 0.1) is 0 Å². The quantitative estimate of drug-likeness (QED) is 0.882. The Labute approximate surface area is 108 Å². The summed E-state index contributed by atoms with van der Waals surface area (Å²) in [5, 5.41) is 6.63. The van der Waals surface area contributed by atoms with E-state index in [0.717, 1.165) is 5.56 Å². The summed E-state index contributed by atoms with van der Waals surface area (Å²) in [5.74, 6) is -0.564. The van der Waals surface area contributed by atoms with Crippen LogP contribution >= 0.6 is 11.3 Å². The average molecular weight is 260 g/mol. The smallest absolute Gasteiger partial charge is 0.248 e. The summed E-state index contributed by atoms with van der Waals surface area (Å²) in [7, 11) is 0. The summed E-state index contributed by atoms with van der Waals surface area (Å²) in [5.41, 5.74) is 7.20. The molecule has 0 bridgehead atoms. The first kappa shape index (κ1) is 12.3. The van der Waals surface area contributed by atoms with Gasteiger partial charge in [-0.2, -0.15) is 11.3 Å². The van der Waals surface area contributed by atoms with Gasteiger partial charge in [0, 0.05) is 11.3 Å². The van der Waals surface area contributed by atoms with Gasteiger partial charge in [-0.15, -0.1) is 0 Å². The van der Waals surface area contributed by atoms with E-state index < -0.39 is 5.91 Å². The molecule has 0 spiro atoms. The number of thiophene rings is 1. The van der Waals surface area contributed by atoms with E-state index in [1.54, 1.807) is 35.6 Å². The van der Waals surface area contributed by atoms with Crippen molar-refractivity contribution < 1.29 is 9.59 Å². The fraction of sp³-hybridized carbons (Fsp3) is 0.0769. The first-order valence-corrected chi connectivity index (χ1v) is 6.30. The maximum Gasteiger partial charge on any atom is 0.248 e. The van der Waals surface area contributed by atoms with Crippen molar-refractivity contribution in [2.24, 2.45) is 5.73 Å². The highest BCUT2D eigenvalue weighted by atomic mass is 32.1. The molecule has 5 heteroatoms. The summed E-state index contributed by atoms with van der Waals surface area (Å²) >= 11 is 1.56. The van der Waals surface area contributed by atoms with E-state index in [2.05, 4.69) is 5.32 Å². The van der Waals surface area contributed by atoms with E-state index in [-0.39, 0.29) is 5.91 Å². The number of carbonyl (C=O) groups is 2. The minimum absolute atomic E-state index is 0.0831. The first-order valence-electron chi connectivity index (χ1n) is 5.36. The van der Waals surface area contributed by atoms with Gasteiger partial charge in [0.25, 0.3) is 0 Å². The first-order chi connectivity index (χ1) is 8.65. The van der Waals surface area contributed by atoms with Crippen LogP contribution < -0.4 is 11.1 Å². The minimum atomic E-state index is -0.480. The second-order valence-corrected chi connectivity index (χ2v) is 4.58. The molecular formula is C13H12N2O2S. The number of carbonyl (C=O) groups excluding carboxylic acids is 2. The van der Waals surface area contributed by atoms with Crippen LogP contribution in [0.1, 0.15) is 15.9 Å². The van der Waals surface area contributed by atoms with Gasteiger partial charge in [0.15, 0.2) is 0 Å². The Bertz CT molecular complexity index is 547. The number of hydrogen-bond acceptors (Lipinski definition) is 3. The van der Waals surface area contributed by atoms with Crippen LogP contribution in [-0.2, 0) is 11.2 Å². The standard InChI is InChI=1S/C13H12N2O2S/c14-13(17)10-1-3-11(4-2-10)15-12(16)7-9-5-6-18-8-9/h1-6,8H,7H2,(H2,14,17)(H,15,16). The van der Waals surface area contributed by atoms with Crippen LogP contribution in [0.4, 0.5) is 5.69 Å². The summed E-state index contributed by atoms with van der Waals surface area (Å²) in [6.07, 6.45) is 0.348. The van der Waals surface area contributed by atoms with E-state index in [1.165, 1.54) is 0 Å². The Kier molecular flexibility index (Phi) is 3.74. The monoisotopic (exact) mass is 260 g/mol. The van der Waals surface area contributed by atoms with E-state index in [1.807, 2.05) is 16.8 Å². The van der Waals surface area contributed by atoms with Crippen molar-refractivity contribution in [3.8, 4) is 0 Å². The molecule has 2 rings (SSSR count). The van der Waals surface area contributed by atoms with Gasteiger partial charge in [0.1, 0.15) is 0 Å². The molecule has 0 saturated heterocycles. The van der Waals surface area contributed by atoms with Crippen LogP contribution in [0.5, 0.6) is 0 Å². The summed E-state index contributed by atoms with van der Waals surface area (Å²) in [4.78, 5) is 22.6. The summed E-state index contributed by atoms with van der Waals surface area (Å²) in [6.45, 7) is 0. The molecule has 0 unspecified atom stereocenters. The molecule has 1 aromatic heterocycles. The fourth-order valence-electron chi connectivity index (χ4n) is 1.50. The normalized spacial score (nSPS) is 10.0. The Morgan fingerprint density at radius 3 is 2.44 bits per heavy atom. The van der Waals surface area contributed by atoms with Crippen LogP contribution in [0.3, 0.4) is 0 Å². The number of nitrogens with two attached hydrogens (primary N) is 1. The van der Waals surface area contributed by atoms with Crippen molar-refractivity contribution in [3.63, 3.8) is 0 Å². The largest absolute Gasteiger partial charge is 0.366 e. The Morgan fingerprint density at radius 2 is 1.89 bits per heavy atom. The molecule has 1 heterocycles. The number of nitrogens with one attached hydrogen (secondary N) is 1. The Hall–Kier alpha value is -2.14. The SMILES string of the molecule is NC(=O)c1ccc(NC(=O)Cc2ccsc2)cc1. The van der Waals surface area contributed by atoms with Crippen LogP contribution in [0.2, 0.25) is 0 Å². The molecule has 18 heavy (non-hydrogen) atoms. The molecular weight excluding hydrogens is 248 g/mol. The van der Waals surface area contributed by atoms with Crippen molar-refractivity contribution in [1.29, 1.82) is 0 Å². The number of anilines is 1. The van der Waals surface area contributed by atoms with Crippen molar-refractivity contribution in [2.45, 2.75) is 6.42 Å². The zero-order chi connectivity index (χ0) is 13.0. The third-order valence-corrected chi connectivity index (χ3v) is 3.13. The maximum atomic E-state index is 11.7. The van der Waals surface area contributed by atoms with Gasteiger partial charge in [0.05, 0.1) is 6.42 Å². The zero-order valence-electron chi connectivity index (χ0n) is 9.55. The third-order valence-electron chi connectivity index (χ3n) is 2.40. The molecule has 2 aromatic rings. The van der Waals surface area contributed by atoms with Gasteiger partial charge in [-0.1, -0.05) is 0 Å². The highest BCUT2D eigenvalue weighted by Crippen LogP contribution is 2.11. The highest BCUT2D eigenvalue weighted by molar-refractivity contribution is 7.08. The number of amides is 2. The van der Waals surface area contributed by atoms with Gasteiger partial charge in [-0.25, -0.2) is 0 Å². The molecule has 0 atom stereocenters. The molecule has 3 N–H and O–H groups in total. The van der Waals surface area contributed by atoms with Crippen molar-refractivity contribution >= 4 is 28.8 Å². The van der Waals surface area contributed by atoms with Crippen molar-refractivity contribution in [3.05, 3.63) is 52.2 Å². The number of rotatable bonds is 4. The predicted octanol–water partition coefficient (Wildman–Crippen LogP) is 2.03. The zero-order valence-corrected chi connectivity index (χ0v) is 10.4. The summed E-state index contributed by atoms with van der Waals surface area (Å²) < 4.78 is 0. The highest BCUT2D eigenvalue weighted by Gasteiger charge is 2.05. The molecule has 1 aromatic carbocycles. The Balaban J connectivity index is 1.97. The van der Waals surface area contributed by atoms with E-state index in [4.69, 9.17) is 5.73 Å². The van der Waals surface area contributed by atoms with Crippen LogP contribution in [0.25, 0.3) is 0 Å². The number of hydrogen-bond donors (Lipinski definition) is 2.